The first-order valence-corrected chi connectivity index (χ1v) is 4.61. The lowest BCUT2D eigenvalue weighted by molar-refractivity contribution is -0.285. The molecule has 1 aromatic heterocycles. The van der Waals surface area contributed by atoms with Gasteiger partial charge in [-0.3, -0.25) is 4.98 Å². The van der Waals surface area contributed by atoms with E-state index in [-0.39, 0.29) is 6.01 Å². The number of imidazole rings is 1. The van der Waals surface area contributed by atoms with Crippen molar-refractivity contribution in [1.29, 1.82) is 0 Å². The van der Waals surface area contributed by atoms with Gasteiger partial charge in [0.05, 0.1) is 17.9 Å². The smallest absolute Gasteiger partial charge is 0.0673 e. The Kier molecular flexibility index (Phi) is 2.23. The minimum absolute atomic E-state index is 0.175. The second-order valence-corrected chi connectivity index (χ2v) is 3.04. The van der Waals surface area contributed by atoms with Gasteiger partial charge in [-0.1, -0.05) is 30.3 Å². The predicted molar refractivity (Wildman–Crippen MR) is 52.8 cm³/mol. The Morgan fingerprint density at radius 1 is 1.29 bits per heavy atom. The van der Waals surface area contributed by atoms with Crippen LogP contribution >= 0.6 is 0 Å². The van der Waals surface area contributed by atoms with Crippen molar-refractivity contribution in [2.24, 2.45) is 0 Å². The molecule has 0 amide bonds. The maximum absolute atomic E-state index is 11.3. The molecule has 0 spiro atoms. The molecule has 0 bridgehead atoms. The van der Waals surface area contributed by atoms with Gasteiger partial charge >= 0.3 is 0 Å². The zero-order chi connectivity index (χ0) is 9.97. The zero-order valence-corrected chi connectivity index (χ0v) is 7.97. The van der Waals surface area contributed by atoms with Crippen molar-refractivity contribution in [2.75, 3.05) is 0 Å². The molecule has 72 valence electrons. The molecule has 1 aromatic carbocycles. The van der Waals surface area contributed by atoms with Crippen molar-refractivity contribution < 1.29 is 5.11 Å². The van der Waals surface area contributed by atoms with Crippen molar-refractivity contribution in [2.45, 2.75) is 13.5 Å². The average molecular weight is 187 g/mol. The van der Waals surface area contributed by atoms with Crippen LogP contribution in [0, 0.1) is 0 Å². The van der Waals surface area contributed by atoms with E-state index in [9.17, 15) is 5.11 Å². The van der Waals surface area contributed by atoms with E-state index >= 15 is 0 Å². The van der Waals surface area contributed by atoms with E-state index in [4.69, 9.17) is 0 Å². The summed E-state index contributed by atoms with van der Waals surface area (Å²) in [6, 6.07) is 9.63. The second-order valence-electron chi connectivity index (χ2n) is 3.04. The molecule has 2 rings (SSSR count). The molecule has 0 saturated heterocycles. The molecule has 0 aliphatic heterocycles. The Morgan fingerprint density at radius 2 is 2.00 bits per heavy atom. The number of rotatable bonds is 2. The highest BCUT2D eigenvalue weighted by Gasteiger charge is 2.03. The molecule has 0 aliphatic carbocycles. The van der Waals surface area contributed by atoms with Crippen LogP contribution in [-0.4, -0.2) is 9.55 Å². The third-order valence-corrected chi connectivity index (χ3v) is 2.20. The summed E-state index contributed by atoms with van der Waals surface area (Å²) in [5.74, 6) is 0. The normalized spacial score (nSPS) is 10.4. The molecule has 0 aliphatic rings. The molecule has 3 heteroatoms. The molecule has 0 radical (unpaired) electrons. The van der Waals surface area contributed by atoms with Crippen LogP contribution in [0.1, 0.15) is 6.92 Å². The van der Waals surface area contributed by atoms with Gasteiger partial charge in [-0.25, -0.2) is 0 Å². The summed E-state index contributed by atoms with van der Waals surface area (Å²) in [7, 11) is 0. The fraction of sp³-hybridized carbons (Fsp3) is 0.182. The summed E-state index contributed by atoms with van der Waals surface area (Å²) in [6.07, 6.45) is 1.63. The predicted octanol–water partition coefficient (Wildman–Crippen LogP) is 1.64. The van der Waals surface area contributed by atoms with Gasteiger partial charge in [0.1, 0.15) is 0 Å². The minimum Gasteiger partial charge on any atom is -0.846 e. The van der Waals surface area contributed by atoms with Crippen molar-refractivity contribution >= 4 is 0 Å². The molecule has 14 heavy (non-hydrogen) atoms. The molecule has 2 aromatic rings. The summed E-state index contributed by atoms with van der Waals surface area (Å²) < 4.78 is 1.66. The molecule has 0 saturated carbocycles. The van der Waals surface area contributed by atoms with Crippen LogP contribution in [0.25, 0.3) is 11.3 Å². The third-order valence-electron chi connectivity index (χ3n) is 2.20. The first kappa shape index (κ1) is 8.81. The molecular formula is C11H11N2O-. The van der Waals surface area contributed by atoms with E-state index in [0.29, 0.717) is 6.54 Å². The Labute approximate surface area is 82.7 Å². The van der Waals surface area contributed by atoms with Gasteiger partial charge in [0.25, 0.3) is 0 Å². The van der Waals surface area contributed by atoms with Crippen LogP contribution in [0.4, 0.5) is 0 Å². The molecule has 3 nitrogen and oxygen atoms in total. The standard InChI is InChI=1S/C11H12N2O/c1-2-13-10(8-12-11(13)14)9-6-4-3-5-7-9/h3-8H,2H2,1H3,(H,12,14)/p-1. The Bertz CT molecular complexity index is 420. The maximum Gasteiger partial charge on any atom is 0.0673 e. The van der Waals surface area contributed by atoms with Gasteiger partial charge in [-0.05, 0) is 12.5 Å². The van der Waals surface area contributed by atoms with Crippen molar-refractivity contribution in [3.8, 4) is 17.3 Å². The van der Waals surface area contributed by atoms with Crippen LogP contribution in [0.5, 0.6) is 6.01 Å². The number of benzene rings is 1. The largest absolute Gasteiger partial charge is 0.846 e. The summed E-state index contributed by atoms with van der Waals surface area (Å²) >= 11 is 0. The van der Waals surface area contributed by atoms with Crippen LogP contribution in [0.3, 0.4) is 0 Å². The monoisotopic (exact) mass is 187 g/mol. The fourth-order valence-corrected chi connectivity index (χ4v) is 1.50. The highest BCUT2D eigenvalue weighted by Crippen LogP contribution is 2.21. The highest BCUT2D eigenvalue weighted by atomic mass is 16.3. The SMILES string of the molecule is CCn1c(-c2ccccc2)cnc1[O-]. The molecule has 0 fully saturated rings. The Hall–Kier alpha value is -1.77. The van der Waals surface area contributed by atoms with Crippen molar-refractivity contribution in [1.82, 2.24) is 9.55 Å². The Morgan fingerprint density at radius 3 is 2.64 bits per heavy atom. The number of aromatic nitrogens is 2. The summed E-state index contributed by atoms with van der Waals surface area (Å²) in [5.41, 5.74) is 1.92. The lowest BCUT2D eigenvalue weighted by Gasteiger charge is -2.11. The van der Waals surface area contributed by atoms with Gasteiger partial charge < -0.3 is 9.67 Å². The van der Waals surface area contributed by atoms with Crippen LogP contribution in [0.2, 0.25) is 0 Å². The van der Waals surface area contributed by atoms with Gasteiger partial charge in [0.15, 0.2) is 0 Å². The van der Waals surface area contributed by atoms with Gasteiger partial charge in [-0.15, -0.1) is 0 Å². The van der Waals surface area contributed by atoms with E-state index < -0.39 is 0 Å². The molecule has 0 unspecified atom stereocenters. The van der Waals surface area contributed by atoms with E-state index in [1.165, 1.54) is 0 Å². The maximum atomic E-state index is 11.3. The van der Waals surface area contributed by atoms with Crippen molar-refractivity contribution in [3.63, 3.8) is 0 Å². The Balaban J connectivity index is 2.52. The molecule has 0 atom stereocenters. The van der Waals surface area contributed by atoms with Gasteiger partial charge in [-0.2, -0.15) is 0 Å². The van der Waals surface area contributed by atoms with Crippen LogP contribution < -0.4 is 5.11 Å². The fourth-order valence-electron chi connectivity index (χ4n) is 1.50. The number of hydrogen-bond acceptors (Lipinski definition) is 2. The average Bonchev–Trinajstić information content (AvgIpc) is 2.61. The number of nitrogens with zero attached hydrogens (tertiary/aromatic N) is 2. The van der Waals surface area contributed by atoms with Gasteiger partial charge in [0.2, 0.25) is 0 Å². The minimum atomic E-state index is -0.175. The molecule has 1 heterocycles. The zero-order valence-electron chi connectivity index (χ0n) is 7.97. The summed E-state index contributed by atoms with van der Waals surface area (Å²) in [4.78, 5) is 3.77. The molecular weight excluding hydrogens is 176 g/mol. The van der Waals surface area contributed by atoms with E-state index in [1.807, 2.05) is 37.3 Å². The highest BCUT2D eigenvalue weighted by molar-refractivity contribution is 5.59. The van der Waals surface area contributed by atoms with E-state index in [2.05, 4.69) is 4.98 Å². The third kappa shape index (κ3) is 1.37. The quantitative estimate of drug-likeness (QED) is 0.717. The second kappa shape index (κ2) is 3.54. The van der Waals surface area contributed by atoms with E-state index in [1.54, 1.807) is 10.8 Å². The summed E-state index contributed by atoms with van der Waals surface area (Å²) in [6.45, 7) is 2.60. The lowest BCUT2D eigenvalue weighted by atomic mass is 10.2. The van der Waals surface area contributed by atoms with Crippen LogP contribution in [-0.2, 0) is 6.54 Å². The van der Waals surface area contributed by atoms with Crippen molar-refractivity contribution in [3.05, 3.63) is 36.5 Å². The van der Waals surface area contributed by atoms with Gasteiger partial charge in [0, 0.05) is 6.54 Å². The van der Waals surface area contributed by atoms with E-state index in [0.717, 1.165) is 11.3 Å². The summed E-state index contributed by atoms with van der Waals surface area (Å²) in [5, 5.41) is 11.3. The molecule has 0 N–H and O–H groups in total. The van der Waals surface area contributed by atoms with Crippen LogP contribution in [0.15, 0.2) is 36.5 Å². The first-order valence-electron chi connectivity index (χ1n) is 4.61. The number of hydrogen-bond donors (Lipinski definition) is 0. The lowest BCUT2D eigenvalue weighted by Crippen LogP contribution is -2.04. The topological polar surface area (TPSA) is 40.9 Å². The first-order chi connectivity index (χ1) is 6.83.